The van der Waals surface area contributed by atoms with E-state index in [0.29, 0.717) is 31.5 Å². The van der Waals surface area contributed by atoms with Crippen LogP contribution in [0, 0.1) is 13.8 Å². The van der Waals surface area contributed by atoms with Gasteiger partial charge in [0, 0.05) is 30.9 Å². The maximum atomic E-state index is 12.9. The summed E-state index contributed by atoms with van der Waals surface area (Å²) < 4.78 is 1.89. The zero-order valence-corrected chi connectivity index (χ0v) is 16.9. The topological polar surface area (TPSA) is 61.6 Å². The van der Waals surface area contributed by atoms with Crippen LogP contribution in [0.3, 0.4) is 0 Å². The van der Waals surface area contributed by atoms with Gasteiger partial charge < -0.3 is 14.9 Å². The Bertz CT molecular complexity index is 829. The number of benzene rings is 1. The van der Waals surface area contributed by atoms with Gasteiger partial charge in [0.1, 0.15) is 0 Å². The Morgan fingerprint density at radius 2 is 1.71 bits per heavy atom. The second kappa shape index (κ2) is 7.68. The van der Waals surface area contributed by atoms with E-state index in [4.69, 9.17) is 0 Å². The summed E-state index contributed by atoms with van der Waals surface area (Å²) >= 11 is 0. The molecule has 6 nitrogen and oxygen atoms in total. The molecule has 0 aliphatic carbocycles. The molecule has 2 aromatic rings. The molecule has 1 aromatic heterocycles. The molecule has 3 heterocycles. The predicted octanol–water partition coefficient (Wildman–Crippen LogP) is 2.55. The number of amides is 1. The normalized spacial score (nSPS) is 19.9. The van der Waals surface area contributed by atoms with Crippen molar-refractivity contribution in [3.63, 3.8) is 0 Å². The minimum absolute atomic E-state index is 0.0446. The summed E-state index contributed by atoms with van der Waals surface area (Å²) in [6.07, 6.45) is 3.76. The van der Waals surface area contributed by atoms with Gasteiger partial charge in [-0.15, -0.1) is 0 Å². The summed E-state index contributed by atoms with van der Waals surface area (Å²) in [6, 6.07) is 9.68. The number of carbonyl (C=O) groups excluding carboxylic acids is 1. The fourth-order valence-corrected chi connectivity index (χ4v) is 4.46. The molecule has 0 saturated carbocycles. The Kier molecular flexibility index (Phi) is 5.25. The van der Waals surface area contributed by atoms with E-state index in [1.807, 2.05) is 53.8 Å². The molecule has 2 saturated heterocycles. The van der Waals surface area contributed by atoms with Gasteiger partial charge in [-0.05, 0) is 83.0 Å². The minimum atomic E-state index is -0.652. The molecule has 0 atom stereocenters. The number of piperidine rings is 1. The van der Waals surface area contributed by atoms with Crippen molar-refractivity contribution < 1.29 is 9.90 Å². The number of carbonyl (C=O) groups is 1. The van der Waals surface area contributed by atoms with E-state index in [2.05, 4.69) is 10.00 Å². The molecule has 1 amide bonds. The highest BCUT2D eigenvalue weighted by Gasteiger charge is 2.36. The summed E-state index contributed by atoms with van der Waals surface area (Å²) in [4.78, 5) is 17.1. The van der Waals surface area contributed by atoms with Gasteiger partial charge in [-0.3, -0.25) is 4.79 Å². The Balaban J connectivity index is 1.38. The van der Waals surface area contributed by atoms with Crippen molar-refractivity contribution in [1.29, 1.82) is 0 Å². The van der Waals surface area contributed by atoms with Gasteiger partial charge in [0.25, 0.3) is 5.91 Å². The van der Waals surface area contributed by atoms with Gasteiger partial charge in [-0.1, -0.05) is 0 Å². The van der Waals surface area contributed by atoms with E-state index in [1.165, 1.54) is 12.8 Å². The number of aromatic nitrogens is 2. The van der Waals surface area contributed by atoms with Crippen LogP contribution in [0.5, 0.6) is 0 Å². The minimum Gasteiger partial charge on any atom is -0.388 e. The lowest BCUT2D eigenvalue weighted by molar-refractivity contribution is -0.0367. The summed E-state index contributed by atoms with van der Waals surface area (Å²) in [7, 11) is 0. The molecule has 2 fully saturated rings. The predicted molar refractivity (Wildman–Crippen MR) is 109 cm³/mol. The van der Waals surface area contributed by atoms with E-state index in [0.717, 1.165) is 36.7 Å². The SMILES string of the molecule is Cc1cc(C)n(-c2ccc(C(=O)N3CCC(O)(CN4CCCC4)CC3)cc2)n1. The van der Waals surface area contributed by atoms with Crippen molar-refractivity contribution in [1.82, 2.24) is 19.6 Å². The molecule has 2 aliphatic rings. The van der Waals surface area contributed by atoms with E-state index < -0.39 is 5.60 Å². The zero-order valence-electron chi connectivity index (χ0n) is 16.9. The second-order valence-corrected chi connectivity index (χ2v) is 8.39. The first-order valence-electron chi connectivity index (χ1n) is 10.3. The Morgan fingerprint density at radius 3 is 2.29 bits per heavy atom. The van der Waals surface area contributed by atoms with Crippen molar-refractivity contribution in [2.24, 2.45) is 0 Å². The average Bonchev–Trinajstić information content (AvgIpc) is 3.30. The molecular weight excluding hydrogens is 352 g/mol. The maximum absolute atomic E-state index is 12.9. The quantitative estimate of drug-likeness (QED) is 0.883. The molecule has 1 N–H and O–H groups in total. The number of aliphatic hydroxyl groups is 1. The number of hydrogen-bond acceptors (Lipinski definition) is 4. The molecule has 0 radical (unpaired) electrons. The van der Waals surface area contributed by atoms with Gasteiger partial charge in [0.2, 0.25) is 0 Å². The van der Waals surface area contributed by atoms with Gasteiger partial charge in [-0.25, -0.2) is 4.68 Å². The van der Waals surface area contributed by atoms with Crippen LogP contribution in [0.15, 0.2) is 30.3 Å². The van der Waals surface area contributed by atoms with Crippen LogP contribution in [-0.2, 0) is 0 Å². The summed E-state index contributed by atoms with van der Waals surface area (Å²) in [5, 5.41) is 15.4. The molecule has 0 bridgehead atoms. The molecule has 2 aliphatic heterocycles. The first kappa shape index (κ1) is 19.2. The molecule has 6 heteroatoms. The largest absolute Gasteiger partial charge is 0.388 e. The van der Waals surface area contributed by atoms with E-state index in [-0.39, 0.29) is 5.91 Å². The van der Waals surface area contributed by atoms with Crippen LogP contribution in [0.2, 0.25) is 0 Å². The van der Waals surface area contributed by atoms with Crippen LogP contribution >= 0.6 is 0 Å². The average molecular weight is 383 g/mol. The second-order valence-electron chi connectivity index (χ2n) is 8.39. The van der Waals surface area contributed by atoms with Crippen molar-refractivity contribution in [3.8, 4) is 5.69 Å². The number of rotatable bonds is 4. The lowest BCUT2D eigenvalue weighted by Crippen LogP contribution is -2.51. The van der Waals surface area contributed by atoms with Gasteiger partial charge in [0.15, 0.2) is 0 Å². The molecule has 4 rings (SSSR count). The van der Waals surface area contributed by atoms with Crippen molar-refractivity contribution in [2.75, 3.05) is 32.7 Å². The van der Waals surface area contributed by atoms with Crippen LogP contribution in [-0.4, -0.2) is 68.9 Å². The van der Waals surface area contributed by atoms with Crippen LogP contribution in [0.1, 0.15) is 47.4 Å². The van der Waals surface area contributed by atoms with Crippen molar-refractivity contribution in [3.05, 3.63) is 47.3 Å². The third kappa shape index (κ3) is 3.98. The molecular formula is C22H30N4O2. The highest BCUT2D eigenvalue weighted by molar-refractivity contribution is 5.94. The van der Waals surface area contributed by atoms with Crippen molar-refractivity contribution >= 4 is 5.91 Å². The number of likely N-dealkylation sites (tertiary alicyclic amines) is 2. The van der Waals surface area contributed by atoms with Crippen LogP contribution in [0.25, 0.3) is 5.69 Å². The molecule has 150 valence electrons. The lowest BCUT2D eigenvalue weighted by atomic mass is 9.90. The Hall–Kier alpha value is -2.18. The smallest absolute Gasteiger partial charge is 0.253 e. The maximum Gasteiger partial charge on any atom is 0.253 e. The number of β-amino-alcohol motifs (C(OH)–C–C–N with tert-alkyl or cyclic N) is 1. The molecule has 0 unspecified atom stereocenters. The molecule has 1 aromatic carbocycles. The van der Waals surface area contributed by atoms with E-state index in [1.54, 1.807) is 0 Å². The van der Waals surface area contributed by atoms with E-state index in [9.17, 15) is 9.90 Å². The van der Waals surface area contributed by atoms with Crippen LogP contribution in [0.4, 0.5) is 0 Å². The summed E-state index contributed by atoms with van der Waals surface area (Å²) in [5.41, 5.74) is 3.05. The standard InChI is InChI=1S/C22H30N4O2/c1-17-15-18(2)26(23-17)20-7-5-19(6-8-20)21(27)25-13-9-22(28,10-14-25)16-24-11-3-4-12-24/h5-8,15,28H,3-4,9-14,16H2,1-2H3. The van der Waals surface area contributed by atoms with Crippen molar-refractivity contribution in [2.45, 2.75) is 45.1 Å². The molecule has 0 spiro atoms. The first-order chi connectivity index (χ1) is 13.4. The zero-order chi connectivity index (χ0) is 19.7. The number of nitrogens with zero attached hydrogens (tertiary/aromatic N) is 4. The van der Waals surface area contributed by atoms with Gasteiger partial charge in [0.05, 0.1) is 17.0 Å². The van der Waals surface area contributed by atoms with Gasteiger partial charge >= 0.3 is 0 Å². The number of hydrogen-bond donors (Lipinski definition) is 1. The Morgan fingerprint density at radius 1 is 1.07 bits per heavy atom. The summed E-state index contributed by atoms with van der Waals surface area (Å²) in [5.74, 6) is 0.0446. The fraction of sp³-hybridized carbons (Fsp3) is 0.545. The first-order valence-corrected chi connectivity index (χ1v) is 10.3. The Labute approximate surface area is 166 Å². The van der Waals surface area contributed by atoms with Crippen LogP contribution < -0.4 is 0 Å². The fourth-order valence-electron chi connectivity index (χ4n) is 4.46. The summed E-state index contributed by atoms with van der Waals surface area (Å²) in [6.45, 7) is 8.15. The monoisotopic (exact) mass is 382 g/mol. The third-order valence-corrected chi connectivity index (χ3v) is 6.07. The van der Waals surface area contributed by atoms with E-state index >= 15 is 0 Å². The molecule has 28 heavy (non-hydrogen) atoms. The lowest BCUT2D eigenvalue weighted by Gasteiger charge is -2.40. The highest BCUT2D eigenvalue weighted by Crippen LogP contribution is 2.26. The van der Waals surface area contributed by atoms with Gasteiger partial charge in [-0.2, -0.15) is 5.10 Å². The third-order valence-electron chi connectivity index (χ3n) is 6.07. The number of aryl methyl sites for hydroxylation is 2. The highest BCUT2D eigenvalue weighted by atomic mass is 16.3.